The molecule has 6 aliphatic rings. The Morgan fingerprint density at radius 2 is 1.51 bits per heavy atom. The van der Waals surface area contributed by atoms with Gasteiger partial charge in [-0.1, -0.05) is 0 Å². The lowest BCUT2D eigenvalue weighted by molar-refractivity contribution is -0.135. The number of carbonyl (C=O) groups excluding carboxylic acids is 3. The number of nitrogens with zero attached hydrogens (tertiary/aromatic N) is 6. The van der Waals surface area contributed by atoms with Crippen molar-refractivity contribution in [3.05, 3.63) is 87.3 Å². The molecule has 4 fully saturated rings. The molecule has 11 rings (SSSR count). The molecule has 1 spiro atoms. The maximum atomic E-state index is 15.7. The predicted molar refractivity (Wildman–Crippen MR) is 231 cm³/mol. The maximum absolute atomic E-state index is 15.7. The molecule has 13 nitrogen and oxygen atoms in total. The second-order valence-electron chi connectivity index (χ2n) is 18.7. The number of carbonyl (C=O) groups is 3. The van der Waals surface area contributed by atoms with Gasteiger partial charge < -0.3 is 25.0 Å². The van der Waals surface area contributed by atoms with E-state index in [0.29, 0.717) is 41.6 Å². The zero-order valence-corrected chi connectivity index (χ0v) is 34.9. The first-order valence-electron chi connectivity index (χ1n) is 22.1. The Kier molecular flexibility index (Phi) is 9.03. The molecule has 4 saturated heterocycles. The van der Waals surface area contributed by atoms with Crippen LogP contribution in [0.5, 0.6) is 0 Å². The minimum Gasteiger partial charge on any atom is -0.371 e. The van der Waals surface area contributed by atoms with Crippen molar-refractivity contribution >= 4 is 40.1 Å². The van der Waals surface area contributed by atoms with Gasteiger partial charge in [0.05, 0.1) is 33.4 Å². The topological polar surface area (TPSA) is 141 Å². The summed E-state index contributed by atoms with van der Waals surface area (Å²) in [6.07, 6.45) is 9.64. The van der Waals surface area contributed by atoms with E-state index in [9.17, 15) is 19.2 Å². The Morgan fingerprint density at radius 3 is 2.21 bits per heavy atom. The van der Waals surface area contributed by atoms with Gasteiger partial charge in [0.2, 0.25) is 11.8 Å². The minimum atomic E-state index is -0.691. The number of halogens is 1. The number of aromatic nitrogens is 4. The van der Waals surface area contributed by atoms with Gasteiger partial charge in [-0.3, -0.25) is 33.8 Å². The molecule has 2 aromatic carbocycles. The molecular weight excluding hydrogens is 774 g/mol. The summed E-state index contributed by atoms with van der Waals surface area (Å²) in [7, 11) is 3.85. The minimum absolute atomic E-state index is 0.00162. The van der Waals surface area contributed by atoms with Crippen molar-refractivity contribution in [2.24, 2.45) is 18.9 Å². The molecule has 14 heteroatoms. The summed E-state index contributed by atoms with van der Waals surface area (Å²) in [5, 5.41) is 5.55. The number of imide groups is 1. The molecule has 1 aliphatic carbocycles. The second-order valence-corrected chi connectivity index (χ2v) is 18.7. The quantitative estimate of drug-likeness (QED) is 0.202. The van der Waals surface area contributed by atoms with Gasteiger partial charge in [0, 0.05) is 93.7 Å². The zero-order chi connectivity index (χ0) is 41.7. The monoisotopic (exact) mass is 825 g/mol. The first-order chi connectivity index (χ1) is 29.5. The Bertz CT molecular complexity index is 2690. The Labute approximate surface area is 353 Å². The molecule has 8 heterocycles. The number of aromatic amines is 1. The van der Waals surface area contributed by atoms with E-state index in [1.54, 1.807) is 17.7 Å². The number of likely N-dealkylation sites (N-methyl/N-ethyl adjacent to an activating group) is 1. The van der Waals surface area contributed by atoms with Crippen LogP contribution in [0.3, 0.4) is 0 Å². The number of amides is 3. The molecule has 3 amide bonds. The molecule has 5 aliphatic heterocycles. The highest BCUT2D eigenvalue weighted by Crippen LogP contribution is 2.45. The molecule has 1 atom stereocenters. The van der Waals surface area contributed by atoms with Gasteiger partial charge in [0.1, 0.15) is 11.9 Å². The van der Waals surface area contributed by atoms with Crippen LogP contribution in [0.2, 0.25) is 0 Å². The van der Waals surface area contributed by atoms with Gasteiger partial charge in [-0.05, 0) is 124 Å². The fraction of sp³-hybridized carbons (Fsp3) is 0.468. The normalized spacial score (nSPS) is 21.9. The van der Waals surface area contributed by atoms with Crippen LogP contribution in [0.15, 0.2) is 53.5 Å². The highest BCUT2D eigenvalue weighted by atomic mass is 19.1. The predicted octanol–water partition coefficient (Wildman–Crippen LogP) is 5.06. The Morgan fingerprint density at radius 1 is 0.803 bits per heavy atom. The number of likely N-dealkylation sites (tertiary alicyclic amines) is 1. The number of aryl methyl sites for hydroxylation is 2. The summed E-state index contributed by atoms with van der Waals surface area (Å²) >= 11 is 0. The fourth-order valence-electron chi connectivity index (χ4n) is 11.7. The average molecular weight is 826 g/mol. The number of benzene rings is 2. The van der Waals surface area contributed by atoms with Gasteiger partial charge in [0.25, 0.3) is 5.91 Å². The average Bonchev–Trinajstić information content (AvgIpc) is 3.78. The van der Waals surface area contributed by atoms with Crippen LogP contribution in [-0.4, -0.2) is 94.6 Å². The van der Waals surface area contributed by atoms with Gasteiger partial charge in [-0.25, -0.2) is 9.18 Å². The summed E-state index contributed by atoms with van der Waals surface area (Å²) in [5.74, 6) is 0.299. The molecule has 0 saturated carbocycles. The standard InChI is InChI=1S/C47H52FN9O4/c1-53-25-47(26-53)24-50-45(60)41-32-6-3-29-23-49-36(22-33(29)42(32)52-43(41)47)34-20-30(4-7-35(34)48)55-15-11-27(12-16-55)19-28-13-17-56(18-14-28)31-5-8-37-39(21-31)54(2)46(61)57(37)38-9-10-40(58)51-44(38)59/h4-5,7-8,20-23,27-28,38,52H,3,6,9-19,24-26H2,1-2H3,(H,50,60)(H,51,58,59). The molecule has 0 bridgehead atoms. The Balaban J connectivity index is 0.734. The zero-order valence-electron chi connectivity index (χ0n) is 34.9. The molecule has 3 N–H and O–H groups in total. The van der Waals surface area contributed by atoms with Crippen molar-refractivity contribution in [3.63, 3.8) is 0 Å². The van der Waals surface area contributed by atoms with Gasteiger partial charge in [-0.15, -0.1) is 0 Å². The van der Waals surface area contributed by atoms with E-state index in [4.69, 9.17) is 4.98 Å². The van der Waals surface area contributed by atoms with Crippen molar-refractivity contribution < 1.29 is 18.8 Å². The number of rotatable bonds is 6. The summed E-state index contributed by atoms with van der Waals surface area (Å²) in [4.78, 5) is 66.5. The lowest BCUT2D eigenvalue weighted by Crippen LogP contribution is -2.65. The van der Waals surface area contributed by atoms with Crippen LogP contribution in [-0.2, 0) is 34.9 Å². The van der Waals surface area contributed by atoms with Gasteiger partial charge >= 0.3 is 5.69 Å². The van der Waals surface area contributed by atoms with Crippen LogP contribution >= 0.6 is 0 Å². The second kappa shape index (κ2) is 14.4. The number of fused-ring (bicyclic) bond motifs is 7. The van der Waals surface area contributed by atoms with E-state index in [1.165, 1.54) is 11.0 Å². The van der Waals surface area contributed by atoms with Crippen LogP contribution in [0.25, 0.3) is 33.5 Å². The van der Waals surface area contributed by atoms with Crippen molar-refractivity contribution in [1.29, 1.82) is 0 Å². The summed E-state index contributed by atoms with van der Waals surface area (Å²) < 4.78 is 18.8. The lowest BCUT2D eigenvalue weighted by Gasteiger charge is -2.50. The number of hydrogen-bond donors (Lipinski definition) is 3. The molecule has 316 valence electrons. The fourth-order valence-corrected chi connectivity index (χ4v) is 11.7. The van der Waals surface area contributed by atoms with Crippen LogP contribution in [0.1, 0.15) is 78.2 Å². The number of anilines is 2. The van der Waals surface area contributed by atoms with Crippen LogP contribution in [0, 0.1) is 17.7 Å². The SMILES string of the molecule is CN1CC2(CNC(=O)c3c2[nH]c2c3CCc3cnc(-c4cc(N5CCC(CC6CCN(c7ccc8c(c7)n(C)c(=O)n8C7CCC(=O)NC7=O)CC6)CC5)ccc4F)cc3-2)C1. The first-order valence-corrected chi connectivity index (χ1v) is 22.1. The molecule has 3 aromatic heterocycles. The van der Waals surface area contributed by atoms with Gasteiger partial charge in [0.15, 0.2) is 0 Å². The summed E-state index contributed by atoms with van der Waals surface area (Å²) in [6.45, 7) is 6.21. The summed E-state index contributed by atoms with van der Waals surface area (Å²) in [6, 6.07) is 12.8. The Hall–Kier alpha value is -5.76. The third-order valence-corrected chi connectivity index (χ3v) is 14.9. The van der Waals surface area contributed by atoms with Crippen molar-refractivity contribution in [3.8, 4) is 22.5 Å². The maximum Gasteiger partial charge on any atom is 0.329 e. The number of piperidine rings is 3. The van der Waals surface area contributed by atoms with Crippen LogP contribution in [0.4, 0.5) is 15.8 Å². The highest BCUT2D eigenvalue weighted by molar-refractivity contribution is 6.02. The number of H-pyrrole nitrogens is 1. The van der Waals surface area contributed by atoms with E-state index < -0.39 is 11.9 Å². The third-order valence-electron chi connectivity index (χ3n) is 14.9. The van der Waals surface area contributed by atoms with E-state index in [-0.39, 0.29) is 35.2 Å². The van der Waals surface area contributed by atoms with E-state index in [2.05, 4.69) is 49.5 Å². The largest absolute Gasteiger partial charge is 0.371 e. The number of nitrogens with one attached hydrogen (secondary N) is 3. The molecule has 5 aromatic rings. The van der Waals surface area contributed by atoms with Crippen LogP contribution < -0.4 is 26.1 Å². The molecular formula is C47H52FN9O4. The number of hydrogen-bond acceptors (Lipinski definition) is 8. The first kappa shape index (κ1) is 38.2. The van der Waals surface area contributed by atoms with Crippen molar-refractivity contribution in [2.45, 2.75) is 69.2 Å². The molecule has 61 heavy (non-hydrogen) atoms. The third kappa shape index (κ3) is 6.30. The molecule has 0 radical (unpaired) electrons. The summed E-state index contributed by atoms with van der Waals surface area (Å²) in [5.41, 5.74) is 10.4. The smallest absolute Gasteiger partial charge is 0.329 e. The number of pyridine rings is 1. The van der Waals surface area contributed by atoms with Crippen molar-refractivity contribution in [1.82, 2.24) is 34.6 Å². The van der Waals surface area contributed by atoms with E-state index in [0.717, 1.165) is 128 Å². The highest BCUT2D eigenvalue weighted by Gasteiger charge is 2.50. The van der Waals surface area contributed by atoms with E-state index >= 15 is 4.39 Å². The lowest BCUT2D eigenvalue weighted by atomic mass is 9.73. The molecule has 1 unspecified atom stereocenters. The number of imidazole rings is 1. The van der Waals surface area contributed by atoms with E-state index in [1.807, 2.05) is 30.5 Å². The van der Waals surface area contributed by atoms with Gasteiger partial charge in [-0.2, -0.15) is 0 Å². The van der Waals surface area contributed by atoms with Crippen molar-refractivity contribution in [2.75, 3.05) is 62.7 Å².